The molecule has 0 aliphatic heterocycles. The molecular formula is C13H11N2O6PS. The Morgan fingerprint density at radius 3 is 1.39 bits per heavy atom. The van der Waals surface area contributed by atoms with E-state index in [0.29, 0.717) is 11.5 Å². The first-order valence-electron chi connectivity index (χ1n) is 6.22. The first-order valence-corrected chi connectivity index (χ1v) is 9.31. The predicted molar refractivity (Wildman–Crippen MR) is 87.7 cm³/mol. The molecule has 120 valence electrons. The fraction of sp³-hybridized carbons (Fsp3) is 0.0769. The summed E-state index contributed by atoms with van der Waals surface area (Å²) in [5.41, 5.74) is -0.115. The molecule has 2 aromatic carbocycles. The highest BCUT2D eigenvalue weighted by molar-refractivity contribution is 8.09. The minimum atomic E-state index is -2.72. The van der Waals surface area contributed by atoms with Crippen LogP contribution in [0.15, 0.2) is 48.5 Å². The van der Waals surface area contributed by atoms with Crippen molar-refractivity contribution < 1.29 is 18.9 Å². The lowest BCUT2D eigenvalue weighted by molar-refractivity contribution is -0.385. The average molecular weight is 354 g/mol. The molecule has 0 spiro atoms. The van der Waals surface area contributed by atoms with Gasteiger partial charge in [0.05, 0.1) is 9.85 Å². The van der Waals surface area contributed by atoms with Crippen LogP contribution < -0.4 is 9.05 Å². The lowest BCUT2D eigenvalue weighted by atomic mass is 10.3. The number of nitro benzene ring substituents is 2. The lowest BCUT2D eigenvalue weighted by Gasteiger charge is -2.19. The minimum absolute atomic E-state index is 0.0574. The van der Waals surface area contributed by atoms with Crippen molar-refractivity contribution >= 4 is 29.7 Å². The summed E-state index contributed by atoms with van der Waals surface area (Å²) >= 11 is 5.28. The molecule has 0 saturated heterocycles. The van der Waals surface area contributed by atoms with Gasteiger partial charge < -0.3 is 9.05 Å². The van der Waals surface area contributed by atoms with Gasteiger partial charge in [0.15, 0.2) is 0 Å². The second-order valence-corrected chi connectivity index (χ2v) is 8.35. The van der Waals surface area contributed by atoms with Gasteiger partial charge in [-0.15, -0.1) is 0 Å². The van der Waals surface area contributed by atoms with E-state index in [1.165, 1.54) is 48.5 Å². The highest BCUT2D eigenvalue weighted by atomic mass is 32.5. The Morgan fingerprint density at radius 2 is 1.13 bits per heavy atom. The zero-order valence-electron chi connectivity index (χ0n) is 11.8. The van der Waals surface area contributed by atoms with E-state index in [4.69, 9.17) is 20.9 Å². The van der Waals surface area contributed by atoms with E-state index in [-0.39, 0.29) is 11.4 Å². The van der Waals surface area contributed by atoms with E-state index in [2.05, 4.69) is 0 Å². The van der Waals surface area contributed by atoms with Crippen LogP contribution in [0, 0.1) is 20.2 Å². The molecule has 0 bridgehead atoms. The molecule has 0 saturated carbocycles. The van der Waals surface area contributed by atoms with Crippen molar-refractivity contribution in [3.05, 3.63) is 68.8 Å². The number of rotatable bonds is 6. The summed E-state index contributed by atoms with van der Waals surface area (Å²) in [6.07, 6.45) is 0. The molecule has 2 rings (SSSR count). The molecule has 0 fully saturated rings. The third-order valence-electron chi connectivity index (χ3n) is 2.64. The second-order valence-electron chi connectivity index (χ2n) is 4.46. The third kappa shape index (κ3) is 4.73. The number of nitrogens with zero attached hydrogens (tertiary/aromatic N) is 2. The lowest BCUT2D eigenvalue weighted by Crippen LogP contribution is -1.99. The summed E-state index contributed by atoms with van der Waals surface area (Å²) in [6.45, 7) is -1.13. The highest BCUT2D eigenvalue weighted by Gasteiger charge is 2.17. The van der Waals surface area contributed by atoms with Gasteiger partial charge in [0.2, 0.25) is 0 Å². The molecule has 0 aliphatic rings. The van der Waals surface area contributed by atoms with Crippen LogP contribution in [0.4, 0.5) is 11.4 Å². The quantitative estimate of drug-likeness (QED) is 0.440. The first-order chi connectivity index (χ1) is 10.8. The Labute approximate surface area is 136 Å². The Morgan fingerprint density at radius 1 is 0.826 bits per heavy atom. The molecule has 2 aromatic rings. The van der Waals surface area contributed by atoms with Gasteiger partial charge in [0, 0.05) is 30.9 Å². The van der Waals surface area contributed by atoms with Crippen molar-refractivity contribution in [3.8, 4) is 11.5 Å². The van der Waals surface area contributed by atoms with E-state index in [1.54, 1.807) is 6.66 Å². The van der Waals surface area contributed by atoms with Crippen LogP contribution >= 0.6 is 6.49 Å². The third-order valence-corrected chi connectivity index (χ3v) is 4.17. The summed E-state index contributed by atoms with van der Waals surface area (Å²) in [4.78, 5) is 20.2. The van der Waals surface area contributed by atoms with Crippen LogP contribution in [-0.4, -0.2) is 16.5 Å². The zero-order chi connectivity index (χ0) is 17.0. The van der Waals surface area contributed by atoms with Gasteiger partial charge in [-0.2, -0.15) is 0 Å². The normalized spacial score (nSPS) is 10.8. The molecule has 0 radical (unpaired) electrons. The number of benzene rings is 2. The summed E-state index contributed by atoms with van der Waals surface area (Å²) in [7, 11) is 0. The number of hydrogen-bond donors (Lipinski definition) is 0. The van der Waals surface area contributed by atoms with Gasteiger partial charge >= 0.3 is 0 Å². The van der Waals surface area contributed by atoms with Crippen LogP contribution in [0.5, 0.6) is 11.5 Å². The molecule has 0 amide bonds. The smallest absolute Gasteiger partial charge is 0.284 e. The Hall–Kier alpha value is -2.51. The van der Waals surface area contributed by atoms with Crippen molar-refractivity contribution in [1.82, 2.24) is 0 Å². The summed E-state index contributed by atoms with van der Waals surface area (Å²) in [5, 5.41) is 21.2. The predicted octanol–water partition coefficient (Wildman–Crippen LogP) is 3.90. The van der Waals surface area contributed by atoms with Crippen molar-refractivity contribution in [1.29, 1.82) is 0 Å². The maximum atomic E-state index is 10.6. The van der Waals surface area contributed by atoms with E-state index in [1.807, 2.05) is 0 Å². The largest absolute Gasteiger partial charge is 0.435 e. The fourth-order valence-electron chi connectivity index (χ4n) is 1.66. The Bertz CT molecular complexity index is 715. The van der Waals surface area contributed by atoms with Crippen LogP contribution in [0.3, 0.4) is 0 Å². The SMILES string of the molecule is CP(=S)(Oc1ccc([N+](=O)[O-])cc1)Oc1ccc([N+](=O)[O-])cc1. The Kier molecular flexibility index (Phi) is 4.92. The standard InChI is InChI=1S/C13H11N2O6PS/c1-22(23,20-12-6-2-10(3-7-12)14(16)17)21-13-8-4-11(5-9-13)15(18)19/h2-9H,1H3. The van der Waals surface area contributed by atoms with Crippen LogP contribution in [0.2, 0.25) is 0 Å². The van der Waals surface area contributed by atoms with Gasteiger partial charge in [-0.3, -0.25) is 20.2 Å². The highest BCUT2D eigenvalue weighted by Crippen LogP contribution is 2.45. The first kappa shape index (κ1) is 16.9. The number of nitro groups is 2. The number of hydrogen-bond acceptors (Lipinski definition) is 7. The van der Waals surface area contributed by atoms with E-state index >= 15 is 0 Å². The van der Waals surface area contributed by atoms with Gasteiger partial charge in [-0.25, -0.2) is 0 Å². The van der Waals surface area contributed by atoms with Gasteiger partial charge in [-0.1, -0.05) is 0 Å². The molecular weight excluding hydrogens is 343 g/mol. The van der Waals surface area contributed by atoms with Crippen LogP contribution in [0.25, 0.3) is 0 Å². The minimum Gasteiger partial charge on any atom is -0.435 e. The summed E-state index contributed by atoms with van der Waals surface area (Å²) in [5.74, 6) is 0.701. The molecule has 23 heavy (non-hydrogen) atoms. The molecule has 0 atom stereocenters. The molecule has 0 aliphatic carbocycles. The van der Waals surface area contributed by atoms with E-state index in [0.717, 1.165) is 0 Å². The molecule has 0 N–H and O–H groups in total. The maximum absolute atomic E-state index is 10.6. The van der Waals surface area contributed by atoms with Crippen LogP contribution in [0.1, 0.15) is 0 Å². The molecule has 10 heteroatoms. The molecule has 0 heterocycles. The summed E-state index contributed by atoms with van der Waals surface area (Å²) < 4.78 is 11.1. The fourth-order valence-corrected chi connectivity index (χ4v) is 3.22. The number of non-ortho nitro benzene ring substituents is 2. The van der Waals surface area contributed by atoms with E-state index < -0.39 is 16.3 Å². The van der Waals surface area contributed by atoms with Crippen molar-refractivity contribution in [2.24, 2.45) is 0 Å². The maximum Gasteiger partial charge on any atom is 0.284 e. The average Bonchev–Trinajstić information content (AvgIpc) is 2.47. The topological polar surface area (TPSA) is 105 Å². The second kappa shape index (κ2) is 6.72. The van der Waals surface area contributed by atoms with Gasteiger partial charge in [-0.05, 0) is 36.1 Å². The molecule has 8 nitrogen and oxygen atoms in total. The summed E-state index contributed by atoms with van der Waals surface area (Å²) in [6, 6.07) is 10.9. The monoisotopic (exact) mass is 354 g/mol. The van der Waals surface area contributed by atoms with E-state index in [9.17, 15) is 20.2 Å². The Balaban J connectivity index is 2.07. The van der Waals surface area contributed by atoms with Gasteiger partial charge in [0.25, 0.3) is 17.9 Å². The van der Waals surface area contributed by atoms with Crippen molar-refractivity contribution in [2.75, 3.05) is 6.66 Å². The van der Waals surface area contributed by atoms with Crippen LogP contribution in [-0.2, 0) is 11.8 Å². The van der Waals surface area contributed by atoms with Gasteiger partial charge in [0.1, 0.15) is 11.5 Å². The van der Waals surface area contributed by atoms with Crippen molar-refractivity contribution in [3.63, 3.8) is 0 Å². The van der Waals surface area contributed by atoms with Crippen molar-refractivity contribution in [2.45, 2.75) is 0 Å². The molecule has 0 unspecified atom stereocenters. The molecule has 0 aromatic heterocycles. The zero-order valence-corrected chi connectivity index (χ0v) is 13.5.